The van der Waals surface area contributed by atoms with Crippen molar-refractivity contribution in [1.29, 1.82) is 0 Å². The standard InChI is InChI=1S/C21H25ClN4O2/c1-3-6-17-15(11-14-9-10-20(22)24-13-14)12-18(26(17)23-2)21(28)25-16-7-4-5-8-19(16)27/h3,6,9-10,12-13,16,19,27H,2,4-5,7-8,11H2,1H3,(H,25,28)/b6-3-/t16-,19-/m0/s1. The van der Waals surface area contributed by atoms with Crippen LogP contribution in [0.15, 0.2) is 35.6 Å². The van der Waals surface area contributed by atoms with E-state index in [9.17, 15) is 9.90 Å². The molecule has 0 bridgehead atoms. The predicted molar refractivity (Wildman–Crippen MR) is 112 cm³/mol. The van der Waals surface area contributed by atoms with E-state index in [4.69, 9.17) is 11.6 Å². The van der Waals surface area contributed by atoms with Crippen LogP contribution in [0, 0.1) is 0 Å². The number of aliphatic hydroxyl groups excluding tert-OH is 1. The molecule has 0 radical (unpaired) electrons. The van der Waals surface area contributed by atoms with Gasteiger partial charge in [-0.05, 0) is 49.1 Å². The molecule has 2 aromatic heterocycles. The van der Waals surface area contributed by atoms with Crippen LogP contribution in [0.2, 0.25) is 5.15 Å². The minimum atomic E-state index is -0.507. The lowest BCUT2D eigenvalue weighted by atomic mass is 9.92. The number of hydrogen-bond donors (Lipinski definition) is 2. The molecule has 148 valence electrons. The van der Waals surface area contributed by atoms with Gasteiger partial charge in [0.1, 0.15) is 10.8 Å². The maximum atomic E-state index is 12.9. The highest BCUT2D eigenvalue weighted by molar-refractivity contribution is 6.29. The summed E-state index contributed by atoms with van der Waals surface area (Å²) in [5.74, 6) is -0.260. The molecular weight excluding hydrogens is 376 g/mol. The third-order valence-electron chi connectivity index (χ3n) is 5.02. The molecule has 1 aliphatic rings. The van der Waals surface area contributed by atoms with Crippen molar-refractivity contribution in [2.24, 2.45) is 5.10 Å². The second-order valence-corrected chi connectivity index (χ2v) is 7.38. The molecule has 6 nitrogen and oxygen atoms in total. The van der Waals surface area contributed by atoms with Crippen LogP contribution in [0.25, 0.3) is 6.08 Å². The highest BCUT2D eigenvalue weighted by Gasteiger charge is 2.27. The highest BCUT2D eigenvalue weighted by atomic mass is 35.5. The summed E-state index contributed by atoms with van der Waals surface area (Å²) in [6, 6.07) is 5.24. The Morgan fingerprint density at radius 3 is 2.89 bits per heavy atom. The van der Waals surface area contributed by atoms with E-state index in [0.717, 1.165) is 36.1 Å². The fourth-order valence-corrected chi connectivity index (χ4v) is 3.72. The topological polar surface area (TPSA) is 79.5 Å². The molecule has 1 amide bonds. The van der Waals surface area contributed by atoms with Gasteiger partial charge in [0.25, 0.3) is 5.91 Å². The molecule has 0 saturated heterocycles. The van der Waals surface area contributed by atoms with Crippen LogP contribution in [0.4, 0.5) is 0 Å². The zero-order chi connectivity index (χ0) is 20.1. The van der Waals surface area contributed by atoms with Gasteiger partial charge in [-0.15, -0.1) is 0 Å². The zero-order valence-electron chi connectivity index (χ0n) is 15.9. The number of allylic oxidation sites excluding steroid dienone is 1. The number of hydrogen-bond acceptors (Lipinski definition) is 4. The van der Waals surface area contributed by atoms with Crippen molar-refractivity contribution in [2.45, 2.75) is 51.2 Å². The number of amides is 1. The lowest BCUT2D eigenvalue weighted by Crippen LogP contribution is -2.45. The Balaban J connectivity index is 1.90. The maximum absolute atomic E-state index is 12.9. The largest absolute Gasteiger partial charge is 0.391 e. The highest BCUT2D eigenvalue weighted by Crippen LogP contribution is 2.23. The molecule has 0 aliphatic heterocycles. The summed E-state index contributed by atoms with van der Waals surface area (Å²) in [7, 11) is 0. The van der Waals surface area contributed by atoms with Gasteiger partial charge < -0.3 is 10.4 Å². The van der Waals surface area contributed by atoms with Crippen LogP contribution < -0.4 is 5.32 Å². The number of rotatable bonds is 6. The first-order valence-corrected chi connectivity index (χ1v) is 9.85. The third kappa shape index (κ3) is 4.51. The second-order valence-electron chi connectivity index (χ2n) is 6.99. The van der Waals surface area contributed by atoms with E-state index in [1.54, 1.807) is 16.9 Å². The minimum Gasteiger partial charge on any atom is -0.391 e. The molecule has 1 fully saturated rings. The lowest BCUT2D eigenvalue weighted by molar-refractivity contribution is 0.0711. The van der Waals surface area contributed by atoms with Crippen LogP contribution in [0.3, 0.4) is 0 Å². The number of nitrogens with zero attached hydrogens (tertiary/aromatic N) is 3. The first-order chi connectivity index (χ1) is 13.5. The van der Waals surface area contributed by atoms with Gasteiger partial charge >= 0.3 is 0 Å². The molecular formula is C21H25ClN4O2. The predicted octanol–water partition coefficient (Wildman–Crippen LogP) is 3.66. The number of halogens is 1. The van der Waals surface area contributed by atoms with E-state index in [-0.39, 0.29) is 11.9 Å². The molecule has 1 saturated carbocycles. The summed E-state index contributed by atoms with van der Waals surface area (Å²) in [6.45, 7) is 5.54. The summed E-state index contributed by atoms with van der Waals surface area (Å²) >= 11 is 5.87. The summed E-state index contributed by atoms with van der Waals surface area (Å²) in [5, 5.41) is 17.6. The van der Waals surface area contributed by atoms with Crippen molar-refractivity contribution in [3.05, 3.63) is 58.1 Å². The van der Waals surface area contributed by atoms with E-state index in [2.05, 4.69) is 22.1 Å². The van der Waals surface area contributed by atoms with Gasteiger partial charge in [0.05, 0.1) is 17.8 Å². The molecule has 7 heteroatoms. The molecule has 0 unspecified atom stereocenters. The summed E-state index contributed by atoms with van der Waals surface area (Å²) < 4.78 is 1.54. The normalized spacial score (nSPS) is 19.7. The Hall–Kier alpha value is -2.44. The van der Waals surface area contributed by atoms with Gasteiger partial charge in [-0.1, -0.05) is 36.6 Å². The summed E-state index contributed by atoms with van der Waals surface area (Å²) in [4.78, 5) is 17.0. The van der Waals surface area contributed by atoms with Crippen molar-refractivity contribution in [3.63, 3.8) is 0 Å². The quantitative estimate of drug-likeness (QED) is 0.573. The summed E-state index contributed by atoms with van der Waals surface area (Å²) in [5.41, 5.74) is 3.11. The van der Waals surface area contributed by atoms with Crippen LogP contribution in [-0.2, 0) is 6.42 Å². The Morgan fingerprint density at radius 2 is 2.25 bits per heavy atom. The Labute approximate surface area is 169 Å². The van der Waals surface area contributed by atoms with E-state index in [0.29, 0.717) is 23.7 Å². The Morgan fingerprint density at radius 1 is 1.46 bits per heavy atom. The molecule has 2 aromatic rings. The lowest BCUT2D eigenvalue weighted by Gasteiger charge is -2.28. The number of carbonyl (C=O) groups excluding carboxylic acids is 1. The SMILES string of the molecule is C=Nn1c(C(=O)N[C@H]2CCCC[C@@H]2O)cc(Cc2ccc(Cl)nc2)c1/C=C\C. The molecule has 2 atom stereocenters. The maximum Gasteiger partial charge on any atom is 0.270 e. The molecule has 2 heterocycles. The number of pyridine rings is 1. The van der Waals surface area contributed by atoms with Gasteiger partial charge in [-0.2, -0.15) is 5.10 Å². The molecule has 28 heavy (non-hydrogen) atoms. The monoisotopic (exact) mass is 400 g/mol. The fourth-order valence-electron chi connectivity index (χ4n) is 3.61. The Bertz CT molecular complexity index is 873. The number of nitrogens with one attached hydrogen (secondary N) is 1. The van der Waals surface area contributed by atoms with E-state index < -0.39 is 6.10 Å². The van der Waals surface area contributed by atoms with Gasteiger partial charge in [-0.3, -0.25) is 4.79 Å². The van der Waals surface area contributed by atoms with Crippen LogP contribution >= 0.6 is 11.6 Å². The van der Waals surface area contributed by atoms with Gasteiger partial charge in [0.2, 0.25) is 0 Å². The van der Waals surface area contributed by atoms with Crippen LogP contribution in [0.5, 0.6) is 0 Å². The molecule has 0 aromatic carbocycles. The third-order valence-corrected chi connectivity index (χ3v) is 5.25. The average Bonchev–Trinajstić information content (AvgIpc) is 3.03. The molecule has 1 aliphatic carbocycles. The van der Waals surface area contributed by atoms with Crippen molar-refractivity contribution in [1.82, 2.24) is 15.0 Å². The fraction of sp³-hybridized carbons (Fsp3) is 0.381. The van der Waals surface area contributed by atoms with Crippen molar-refractivity contribution in [2.75, 3.05) is 0 Å². The number of aliphatic hydroxyl groups is 1. The molecule has 3 rings (SSSR count). The first kappa shape index (κ1) is 20.3. The number of carbonyl (C=O) groups is 1. The smallest absolute Gasteiger partial charge is 0.270 e. The summed E-state index contributed by atoms with van der Waals surface area (Å²) in [6.07, 6.45) is 9.08. The molecule has 0 spiro atoms. The van der Waals surface area contributed by atoms with Crippen LogP contribution in [0.1, 0.15) is 59.9 Å². The minimum absolute atomic E-state index is 0.233. The second kappa shape index (κ2) is 9.17. The Kier molecular flexibility index (Phi) is 6.65. The molecule has 2 N–H and O–H groups in total. The van der Waals surface area contributed by atoms with Crippen LogP contribution in [-0.4, -0.2) is 39.5 Å². The van der Waals surface area contributed by atoms with Gasteiger partial charge in [-0.25, -0.2) is 9.66 Å². The van der Waals surface area contributed by atoms with E-state index >= 15 is 0 Å². The van der Waals surface area contributed by atoms with Crippen molar-refractivity contribution < 1.29 is 9.90 Å². The van der Waals surface area contributed by atoms with Gasteiger partial charge in [0, 0.05) is 19.3 Å². The van der Waals surface area contributed by atoms with E-state index in [1.165, 1.54) is 0 Å². The average molecular weight is 401 g/mol. The van der Waals surface area contributed by atoms with E-state index in [1.807, 2.05) is 31.2 Å². The zero-order valence-corrected chi connectivity index (χ0v) is 16.7. The number of aromatic nitrogens is 2. The first-order valence-electron chi connectivity index (χ1n) is 9.47. The van der Waals surface area contributed by atoms with Gasteiger partial charge in [0.15, 0.2) is 0 Å². The van der Waals surface area contributed by atoms with Crippen molar-refractivity contribution in [3.8, 4) is 0 Å². The van der Waals surface area contributed by atoms with Crippen molar-refractivity contribution >= 4 is 30.3 Å².